The SMILES string of the molecule is CCCCCCCCCCCCC=CC=C(N)C(C)=C(O)O. The zero-order valence-electron chi connectivity index (χ0n) is 14.5. The van der Waals surface area contributed by atoms with Gasteiger partial charge in [-0.1, -0.05) is 76.9 Å². The molecule has 0 aromatic heterocycles. The number of allylic oxidation sites excluding steroid dienone is 4. The van der Waals surface area contributed by atoms with Gasteiger partial charge in [0, 0.05) is 5.70 Å². The molecule has 0 aliphatic heterocycles. The Labute approximate surface area is 136 Å². The van der Waals surface area contributed by atoms with Gasteiger partial charge < -0.3 is 15.9 Å². The fourth-order valence-corrected chi connectivity index (χ4v) is 2.27. The van der Waals surface area contributed by atoms with Gasteiger partial charge in [0.25, 0.3) is 5.95 Å². The number of nitrogens with two attached hydrogens (primary N) is 1. The Morgan fingerprint density at radius 3 is 1.86 bits per heavy atom. The molecule has 0 bridgehead atoms. The molecule has 3 heteroatoms. The van der Waals surface area contributed by atoms with E-state index in [4.69, 9.17) is 15.9 Å². The molecule has 0 heterocycles. The fourth-order valence-electron chi connectivity index (χ4n) is 2.27. The van der Waals surface area contributed by atoms with E-state index in [9.17, 15) is 0 Å². The first-order valence-corrected chi connectivity index (χ1v) is 8.81. The summed E-state index contributed by atoms with van der Waals surface area (Å²) in [5, 5.41) is 17.8. The smallest absolute Gasteiger partial charge is 0.279 e. The van der Waals surface area contributed by atoms with Crippen LogP contribution in [-0.2, 0) is 0 Å². The average Bonchev–Trinajstić information content (AvgIpc) is 2.50. The number of aliphatic hydroxyl groups excluding tert-OH is 1. The van der Waals surface area contributed by atoms with E-state index in [0.29, 0.717) is 11.3 Å². The average molecular weight is 309 g/mol. The van der Waals surface area contributed by atoms with E-state index in [1.165, 1.54) is 64.2 Å². The van der Waals surface area contributed by atoms with Gasteiger partial charge in [0.05, 0.1) is 5.57 Å². The second-order valence-corrected chi connectivity index (χ2v) is 5.97. The maximum absolute atomic E-state index is 8.89. The summed E-state index contributed by atoms with van der Waals surface area (Å²) in [7, 11) is 0. The van der Waals surface area contributed by atoms with Crippen LogP contribution in [0.25, 0.3) is 0 Å². The van der Waals surface area contributed by atoms with Crippen LogP contribution in [-0.4, -0.2) is 10.2 Å². The molecule has 0 saturated carbocycles. The van der Waals surface area contributed by atoms with Gasteiger partial charge in [0.15, 0.2) is 0 Å². The summed E-state index contributed by atoms with van der Waals surface area (Å²) < 4.78 is 0. The minimum Gasteiger partial charge on any atom is -0.481 e. The Balaban J connectivity index is 3.48. The monoisotopic (exact) mass is 309 g/mol. The predicted octanol–water partition coefficient (Wildman–Crippen LogP) is 6.04. The molecule has 0 fully saturated rings. The standard InChI is InChI=1S/C19H35NO2/c1-3-4-5-6-7-8-9-10-11-12-13-14-15-16-18(20)17(2)19(21)22/h14-16,21-22H,3-13,20H2,1-2H3. The van der Waals surface area contributed by atoms with Crippen molar-refractivity contribution in [3.8, 4) is 0 Å². The third kappa shape index (κ3) is 12.4. The minimum atomic E-state index is -0.711. The molecule has 128 valence electrons. The normalized spacial score (nSPS) is 12.0. The highest BCUT2D eigenvalue weighted by atomic mass is 16.5. The lowest BCUT2D eigenvalue weighted by Crippen LogP contribution is -2.00. The van der Waals surface area contributed by atoms with E-state index < -0.39 is 5.95 Å². The van der Waals surface area contributed by atoms with Gasteiger partial charge in [0.1, 0.15) is 0 Å². The Morgan fingerprint density at radius 1 is 0.864 bits per heavy atom. The molecule has 0 aliphatic rings. The molecule has 0 aromatic rings. The van der Waals surface area contributed by atoms with E-state index in [-0.39, 0.29) is 0 Å². The van der Waals surface area contributed by atoms with Crippen molar-refractivity contribution in [1.82, 2.24) is 0 Å². The molecule has 0 amide bonds. The van der Waals surface area contributed by atoms with Crippen molar-refractivity contribution in [3.05, 3.63) is 35.4 Å². The maximum Gasteiger partial charge on any atom is 0.279 e. The van der Waals surface area contributed by atoms with Gasteiger partial charge in [-0.15, -0.1) is 0 Å². The zero-order chi connectivity index (χ0) is 16.6. The van der Waals surface area contributed by atoms with Crippen molar-refractivity contribution in [2.45, 2.75) is 84.5 Å². The first-order valence-electron chi connectivity index (χ1n) is 8.81. The molecule has 0 aromatic carbocycles. The van der Waals surface area contributed by atoms with Crippen molar-refractivity contribution in [3.63, 3.8) is 0 Å². The van der Waals surface area contributed by atoms with Crippen LogP contribution in [0.3, 0.4) is 0 Å². The van der Waals surface area contributed by atoms with Crippen molar-refractivity contribution in [2.75, 3.05) is 0 Å². The molecule has 3 nitrogen and oxygen atoms in total. The van der Waals surface area contributed by atoms with Crippen LogP contribution < -0.4 is 5.73 Å². The lowest BCUT2D eigenvalue weighted by Gasteiger charge is -2.01. The summed E-state index contributed by atoms with van der Waals surface area (Å²) in [6.07, 6.45) is 20.2. The minimum absolute atomic E-state index is 0.309. The second kappa shape index (κ2) is 14.6. The lowest BCUT2D eigenvalue weighted by molar-refractivity contribution is 0.186. The van der Waals surface area contributed by atoms with Crippen LogP contribution in [0.15, 0.2) is 35.4 Å². The van der Waals surface area contributed by atoms with Gasteiger partial charge in [0.2, 0.25) is 0 Å². The van der Waals surface area contributed by atoms with Crippen molar-refractivity contribution < 1.29 is 10.2 Å². The van der Waals surface area contributed by atoms with Crippen LogP contribution in [0, 0.1) is 0 Å². The summed E-state index contributed by atoms with van der Waals surface area (Å²) in [5.74, 6) is -0.711. The summed E-state index contributed by atoms with van der Waals surface area (Å²) in [5.41, 5.74) is 6.39. The first-order chi connectivity index (χ1) is 10.6. The highest BCUT2D eigenvalue weighted by Crippen LogP contribution is 2.11. The molecule has 0 rings (SSSR count). The summed E-state index contributed by atoms with van der Waals surface area (Å²) in [6.45, 7) is 3.84. The lowest BCUT2D eigenvalue weighted by atomic mass is 10.1. The van der Waals surface area contributed by atoms with E-state index >= 15 is 0 Å². The summed E-state index contributed by atoms with van der Waals surface area (Å²) in [4.78, 5) is 0. The number of rotatable bonds is 13. The maximum atomic E-state index is 8.89. The number of hydrogen-bond acceptors (Lipinski definition) is 3. The highest BCUT2D eigenvalue weighted by Gasteiger charge is 1.99. The van der Waals surface area contributed by atoms with Crippen molar-refractivity contribution in [2.24, 2.45) is 5.73 Å². The van der Waals surface area contributed by atoms with Crippen LogP contribution in [0.5, 0.6) is 0 Å². The Bertz CT molecular complexity index is 352. The van der Waals surface area contributed by atoms with Gasteiger partial charge in [-0.2, -0.15) is 0 Å². The topological polar surface area (TPSA) is 66.5 Å². The Kier molecular flexibility index (Phi) is 13.6. The van der Waals surface area contributed by atoms with Gasteiger partial charge >= 0.3 is 0 Å². The Hall–Kier alpha value is -1.38. The first kappa shape index (κ1) is 20.6. The molecule has 0 aliphatic carbocycles. The van der Waals surface area contributed by atoms with E-state index in [2.05, 4.69) is 13.0 Å². The second-order valence-electron chi connectivity index (χ2n) is 5.97. The number of aliphatic hydroxyl groups is 2. The predicted molar refractivity (Wildman–Crippen MR) is 95.8 cm³/mol. The molecule has 0 saturated heterocycles. The molecular formula is C19H35NO2. The van der Waals surface area contributed by atoms with Crippen LogP contribution >= 0.6 is 0 Å². The number of hydrogen-bond donors (Lipinski definition) is 3. The van der Waals surface area contributed by atoms with Gasteiger partial charge in [-0.3, -0.25) is 0 Å². The fraction of sp³-hybridized carbons (Fsp3) is 0.684. The Morgan fingerprint density at radius 2 is 1.36 bits per heavy atom. The van der Waals surface area contributed by atoms with Crippen LogP contribution in [0.2, 0.25) is 0 Å². The van der Waals surface area contributed by atoms with Crippen LogP contribution in [0.1, 0.15) is 84.5 Å². The molecule has 22 heavy (non-hydrogen) atoms. The van der Waals surface area contributed by atoms with E-state index in [0.717, 1.165) is 6.42 Å². The quantitative estimate of drug-likeness (QED) is 0.220. The summed E-state index contributed by atoms with van der Waals surface area (Å²) in [6, 6.07) is 0. The third-order valence-electron chi connectivity index (χ3n) is 3.90. The third-order valence-corrected chi connectivity index (χ3v) is 3.90. The summed E-state index contributed by atoms with van der Waals surface area (Å²) >= 11 is 0. The molecule has 0 spiro atoms. The van der Waals surface area contributed by atoms with Gasteiger partial charge in [-0.25, -0.2) is 0 Å². The van der Waals surface area contributed by atoms with Crippen molar-refractivity contribution in [1.29, 1.82) is 0 Å². The number of unbranched alkanes of at least 4 members (excludes halogenated alkanes) is 10. The molecule has 0 unspecified atom stereocenters. The molecular weight excluding hydrogens is 274 g/mol. The molecule has 0 radical (unpaired) electrons. The molecule has 4 N–H and O–H groups in total. The van der Waals surface area contributed by atoms with E-state index in [1.54, 1.807) is 13.0 Å². The molecule has 0 atom stereocenters. The zero-order valence-corrected chi connectivity index (χ0v) is 14.5. The van der Waals surface area contributed by atoms with E-state index in [1.807, 2.05) is 6.08 Å². The van der Waals surface area contributed by atoms with Gasteiger partial charge in [-0.05, 0) is 25.8 Å². The highest BCUT2D eigenvalue weighted by molar-refractivity contribution is 5.29. The van der Waals surface area contributed by atoms with Crippen LogP contribution in [0.4, 0.5) is 0 Å². The largest absolute Gasteiger partial charge is 0.481 e. The van der Waals surface area contributed by atoms with Crippen molar-refractivity contribution >= 4 is 0 Å².